The number of hydrogen-bond acceptors (Lipinski definition) is 6. The first kappa shape index (κ1) is 17.9. The fourth-order valence-electron chi connectivity index (χ4n) is 2.84. The van der Waals surface area contributed by atoms with E-state index in [-0.39, 0.29) is 12.0 Å². The quantitative estimate of drug-likeness (QED) is 0.680. The third-order valence-electron chi connectivity index (χ3n) is 4.34. The van der Waals surface area contributed by atoms with Gasteiger partial charge in [0.1, 0.15) is 5.82 Å². The van der Waals surface area contributed by atoms with E-state index < -0.39 is 0 Å². The summed E-state index contributed by atoms with van der Waals surface area (Å²) in [7, 11) is 4.15. The lowest BCUT2D eigenvalue weighted by atomic mass is 10.0. The van der Waals surface area contributed by atoms with Gasteiger partial charge in [0, 0.05) is 25.0 Å². The number of aryl methyl sites for hydroxylation is 1. The van der Waals surface area contributed by atoms with E-state index in [2.05, 4.69) is 70.6 Å². The summed E-state index contributed by atoms with van der Waals surface area (Å²) in [5.74, 6) is 1.54. The molecule has 3 aromatic rings. The molecule has 3 N–H and O–H groups in total. The third kappa shape index (κ3) is 4.18. The van der Waals surface area contributed by atoms with E-state index in [4.69, 9.17) is 5.73 Å². The van der Waals surface area contributed by atoms with Crippen LogP contribution in [0.5, 0.6) is 0 Å². The number of nitrogens with one attached hydrogen (secondary N) is 1. The Morgan fingerprint density at radius 3 is 2.58 bits per heavy atom. The first-order chi connectivity index (χ1) is 12.6. The topological polar surface area (TPSA) is 84.9 Å². The molecule has 0 aliphatic carbocycles. The Morgan fingerprint density at radius 1 is 1.19 bits per heavy atom. The number of rotatable bonds is 7. The molecule has 7 heteroatoms. The van der Waals surface area contributed by atoms with Gasteiger partial charge in [-0.1, -0.05) is 31.2 Å². The molecule has 2 aromatic heterocycles. The molecule has 0 saturated carbocycles. The zero-order chi connectivity index (χ0) is 18.5. The standard InChI is InChI=1S/C19H25N7/c1-4-14-6-8-15(9-7-14)16(25(2)3)13-21-17-12-18(24-19(20)23-17)26-11-5-10-22-26/h5-12,16H,4,13H2,1-3H3,(H3,20,21,23,24). The van der Waals surface area contributed by atoms with E-state index in [0.717, 1.165) is 6.42 Å². The molecule has 0 fully saturated rings. The van der Waals surface area contributed by atoms with E-state index in [1.807, 2.05) is 18.3 Å². The van der Waals surface area contributed by atoms with Gasteiger partial charge in [0.2, 0.25) is 5.95 Å². The normalized spacial score (nSPS) is 12.3. The summed E-state index contributed by atoms with van der Waals surface area (Å²) < 4.78 is 1.66. The van der Waals surface area contributed by atoms with Gasteiger partial charge in [-0.3, -0.25) is 0 Å². The van der Waals surface area contributed by atoms with Crippen molar-refractivity contribution in [3.63, 3.8) is 0 Å². The fraction of sp³-hybridized carbons (Fsp3) is 0.316. The highest BCUT2D eigenvalue weighted by Crippen LogP contribution is 2.20. The Bertz CT molecular complexity index is 826. The Balaban J connectivity index is 1.77. The molecule has 0 amide bonds. The zero-order valence-corrected chi connectivity index (χ0v) is 15.4. The molecule has 0 aliphatic heterocycles. The van der Waals surface area contributed by atoms with Gasteiger partial charge in [0.15, 0.2) is 5.82 Å². The van der Waals surface area contributed by atoms with Crippen molar-refractivity contribution >= 4 is 11.8 Å². The van der Waals surface area contributed by atoms with Crippen molar-refractivity contribution in [2.75, 3.05) is 31.7 Å². The Labute approximate surface area is 153 Å². The van der Waals surface area contributed by atoms with Crippen LogP contribution in [0.1, 0.15) is 24.1 Å². The van der Waals surface area contributed by atoms with Crippen molar-refractivity contribution in [2.24, 2.45) is 0 Å². The summed E-state index contributed by atoms with van der Waals surface area (Å²) in [6, 6.07) is 12.6. The number of hydrogen-bond donors (Lipinski definition) is 2. The minimum absolute atomic E-state index is 0.213. The monoisotopic (exact) mass is 351 g/mol. The fourth-order valence-corrected chi connectivity index (χ4v) is 2.84. The lowest BCUT2D eigenvalue weighted by Crippen LogP contribution is -2.27. The van der Waals surface area contributed by atoms with Crippen LogP contribution in [0.25, 0.3) is 5.82 Å². The van der Waals surface area contributed by atoms with Crippen LogP contribution in [-0.2, 0) is 6.42 Å². The predicted octanol–water partition coefficient (Wildman–Crippen LogP) is 2.52. The molecule has 2 heterocycles. The smallest absolute Gasteiger partial charge is 0.224 e. The molecule has 1 unspecified atom stereocenters. The van der Waals surface area contributed by atoms with Crippen molar-refractivity contribution in [1.82, 2.24) is 24.6 Å². The largest absolute Gasteiger partial charge is 0.368 e. The highest BCUT2D eigenvalue weighted by Gasteiger charge is 2.15. The second-order valence-corrected chi connectivity index (χ2v) is 6.38. The lowest BCUT2D eigenvalue weighted by Gasteiger charge is -2.25. The van der Waals surface area contributed by atoms with Crippen molar-refractivity contribution in [1.29, 1.82) is 0 Å². The summed E-state index contributed by atoms with van der Waals surface area (Å²) in [5.41, 5.74) is 8.46. The van der Waals surface area contributed by atoms with E-state index in [1.54, 1.807) is 10.9 Å². The summed E-state index contributed by atoms with van der Waals surface area (Å²) in [6.07, 6.45) is 4.57. The number of nitrogen functional groups attached to an aromatic ring is 1. The van der Waals surface area contributed by atoms with Crippen LogP contribution in [0.4, 0.5) is 11.8 Å². The maximum absolute atomic E-state index is 5.86. The van der Waals surface area contributed by atoms with E-state index in [0.29, 0.717) is 18.2 Å². The SMILES string of the molecule is CCc1ccc(C(CNc2cc(-n3cccn3)nc(N)n2)N(C)C)cc1. The predicted molar refractivity (Wildman–Crippen MR) is 104 cm³/mol. The Morgan fingerprint density at radius 2 is 1.96 bits per heavy atom. The van der Waals surface area contributed by atoms with E-state index in [1.165, 1.54) is 11.1 Å². The molecule has 136 valence electrons. The Hall–Kier alpha value is -2.93. The second kappa shape index (κ2) is 7.97. The van der Waals surface area contributed by atoms with Crippen LogP contribution < -0.4 is 11.1 Å². The first-order valence-corrected chi connectivity index (χ1v) is 8.70. The zero-order valence-electron chi connectivity index (χ0n) is 15.4. The van der Waals surface area contributed by atoms with Crippen LogP contribution in [0.15, 0.2) is 48.8 Å². The maximum atomic E-state index is 5.86. The minimum atomic E-state index is 0.213. The number of aromatic nitrogens is 4. The van der Waals surface area contributed by atoms with Crippen LogP contribution in [0, 0.1) is 0 Å². The first-order valence-electron chi connectivity index (χ1n) is 8.70. The van der Waals surface area contributed by atoms with Crippen LogP contribution in [0.3, 0.4) is 0 Å². The molecule has 0 spiro atoms. The molecule has 0 radical (unpaired) electrons. The van der Waals surface area contributed by atoms with Crippen molar-refractivity contribution in [3.05, 3.63) is 59.9 Å². The average Bonchev–Trinajstić information content (AvgIpc) is 3.16. The number of benzene rings is 1. The van der Waals surface area contributed by atoms with Crippen molar-refractivity contribution in [3.8, 4) is 5.82 Å². The van der Waals surface area contributed by atoms with Crippen molar-refractivity contribution < 1.29 is 0 Å². The number of anilines is 2. The molecule has 1 aromatic carbocycles. The highest BCUT2D eigenvalue weighted by molar-refractivity contribution is 5.45. The molecule has 3 rings (SSSR count). The molecule has 26 heavy (non-hydrogen) atoms. The van der Waals surface area contributed by atoms with Gasteiger partial charge in [0.05, 0.1) is 6.04 Å². The number of likely N-dealkylation sites (N-methyl/N-ethyl adjacent to an activating group) is 1. The van der Waals surface area contributed by atoms with E-state index in [9.17, 15) is 0 Å². The van der Waals surface area contributed by atoms with Gasteiger partial charge in [-0.25, -0.2) is 4.68 Å². The molecule has 0 bridgehead atoms. The Kier molecular flexibility index (Phi) is 5.48. The van der Waals surface area contributed by atoms with E-state index >= 15 is 0 Å². The maximum Gasteiger partial charge on any atom is 0.224 e. The van der Waals surface area contributed by atoms with Crippen molar-refractivity contribution in [2.45, 2.75) is 19.4 Å². The van der Waals surface area contributed by atoms with Crippen LogP contribution >= 0.6 is 0 Å². The molecule has 0 saturated heterocycles. The molecule has 7 nitrogen and oxygen atoms in total. The average molecular weight is 351 g/mol. The summed E-state index contributed by atoms with van der Waals surface area (Å²) in [5, 5.41) is 7.57. The van der Waals surface area contributed by atoms with Gasteiger partial charge in [-0.05, 0) is 37.7 Å². The summed E-state index contributed by atoms with van der Waals surface area (Å²) in [4.78, 5) is 10.7. The van der Waals surface area contributed by atoms with Gasteiger partial charge >= 0.3 is 0 Å². The van der Waals surface area contributed by atoms with Crippen LogP contribution in [0.2, 0.25) is 0 Å². The summed E-state index contributed by atoms with van der Waals surface area (Å²) in [6.45, 7) is 2.87. The highest BCUT2D eigenvalue weighted by atomic mass is 15.3. The van der Waals surface area contributed by atoms with Gasteiger partial charge in [-0.15, -0.1) is 0 Å². The second-order valence-electron chi connectivity index (χ2n) is 6.38. The molecular weight excluding hydrogens is 326 g/mol. The molecular formula is C19H25N7. The number of nitrogens with two attached hydrogens (primary N) is 1. The van der Waals surface area contributed by atoms with Gasteiger partial charge in [-0.2, -0.15) is 15.1 Å². The van der Waals surface area contributed by atoms with Gasteiger partial charge < -0.3 is 16.0 Å². The lowest BCUT2D eigenvalue weighted by molar-refractivity contribution is 0.311. The third-order valence-corrected chi connectivity index (χ3v) is 4.34. The molecule has 1 atom stereocenters. The summed E-state index contributed by atoms with van der Waals surface area (Å²) >= 11 is 0. The number of nitrogens with zero attached hydrogens (tertiary/aromatic N) is 5. The van der Waals surface area contributed by atoms with Crippen LogP contribution in [-0.4, -0.2) is 45.3 Å². The minimum Gasteiger partial charge on any atom is -0.368 e. The van der Waals surface area contributed by atoms with Gasteiger partial charge in [0.25, 0.3) is 0 Å². The molecule has 0 aliphatic rings.